The quantitative estimate of drug-likeness (QED) is 0.766. The van der Waals surface area contributed by atoms with Gasteiger partial charge in [-0.15, -0.1) is 0 Å². The van der Waals surface area contributed by atoms with Crippen LogP contribution in [0.2, 0.25) is 5.28 Å². The van der Waals surface area contributed by atoms with Crippen LogP contribution in [0.1, 0.15) is 32.4 Å². The van der Waals surface area contributed by atoms with Gasteiger partial charge in [-0.1, -0.05) is 0 Å². The highest BCUT2D eigenvalue weighted by atomic mass is 35.5. The molecule has 1 aliphatic heterocycles. The molecule has 2 rings (SSSR count). The number of hydrogen-bond donors (Lipinski definition) is 1. The molecule has 0 spiro atoms. The fraction of sp³-hybridized carbons (Fsp3) is 0.636. The Labute approximate surface area is 101 Å². The van der Waals surface area contributed by atoms with Crippen molar-refractivity contribution in [3.8, 4) is 0 Å². The van der Waals surface area contributed by atoms with Crippen molar-refractivity contribution in [1.82, 2.24) is 9.97 Å². The molecule has 0 saturated carbocycles. The number of aryl methyl sites for hydroxylation is 1. The van der Waals surface area contributed by atoms with E-state index in [2.05, 4.69) is 28.7 Å². The van der Waals surface area contributed by atoms with Gasteiger partial charge in [-0.25, -0.2) is 4.98 Å². The average molecular weight is 241 g/mol. The summed E-state index contributed by atoms with van der Waals surface area (Å²) in [6.45, 7) is 7.23. The summed E-state index contributed by atoms with van der Waals surface area (Å²) < 4.78 is 0. The van der Waals surface area contributed by atoms with Gasteiger partial charge in [-0.3, -0.25) is 0 Å². The number of nitrogens with zero attached hydrogens (tertiary/aromatic N) is 3. The minimum Gasteiger partial charge on any atom is -0.394 e. The number of halogens is 1. The second kappa shape index (κ2) is 3.77. The van der Waals surface area contributed by atoms with Gasteiger partial charge in [-0.2, -0.15) is 4.98 Å². The van der Waals surface area contributed by atoms with Crippen LogP contribution < -0.4 is 10.6 Å². The van der Waals surface area contributed by atoms with E-state index in [-0.39, 0.29) is 10.8 Å². The summed E-state index contributed by atoms with van der Waals surface area (Å²) in [5, 5.41) is 0.268. The molecule has 1 saturated heterocycles. The number of hydrogen-bond acceptors (Lipinski definition) is 4. The van der Waals surface area contributed by atoms with Crippen molar-refractivity contribution in [2.24, 2.45) is 0 Å². The third kappa shape index (κ3) is 1.82. The molecule has 88 valence electrons. The van der Waals surface area contributed by atoms with Crippen molar-refractivity contribution in [2.75, 3.05) is 17.2 Å². The summed E-state index contributed by atoms with van der Waals surface area (Å²) in [6.07, 6.45) is 2.31. The number of nitrogens with two attached hydrogens (primary N) is 1. The molecular weight excluding hydrogens is 224 g/mol. The molecular formula is C11H17ClN4. The molecule has 16 heavy (non-hydrogen) atoms. The van der Waals surface area contributed by atoms with Gasteiger partial charge in [0.05, 0.1) is 11.4 Å². The van der Waals surface area contributed by atoms with Crippen LogP contribution in [0.4, 0.5) is 11.5 Å². The SMILES string of the molecule is Cc1nc(Cl)nc(N2CCCC2(C)C)c1N. The Balaban J connectivity index is 2.48. The first-order valence-electron chi connectivity index (χ1n) is 5.49. The smallest absolute Gasteiger partial charge is 0.224 e. The van der Waals surface area contributed by atoms with Gasteiger partial charge >= 0.3 is 0 Å². The Hall–Kier alpha value is -1.03. The molecule has 1 aliphatic rings. The largest absolute Gasteiger partial charge is 0.394 e. The zero-order valence-electron chi connectivity index (χ0n) is 9.92. The third-order valence-corrected chi connectivity index (χ3v) is 3.41. The van der Waals surface area contributed by atoms with Crippen molar-refractivity contribution in [3.05, 3.63) is 11.0 Å². The zero-order chi connectivity index (χ0) is 11.9. The van der Waals surface area contributed by atoms with Crippen LogP contribution in [0.15, 0.2) is 0 Å². The molecule has 0 aromatic carbocycles. The Kier molecular flexibility index (Phi) is 2.70. The van der Waals surface area contributed by atoms with E-state index in [1.807, 2.05) is 6.92 Å². The van der Waals surface area contributed by atoms with Crippen molar-refractivity contribution in [3.63, 3.8) is 0 Å². The van der Waals surface area contributed by atoms with E-state index in [0.717, 1.165) is 30.9 Å². The maximum absolute atomic E-state index is 6.03. The van der Waals surface area contributed by atoms with E-state index in [1.54, 1.807) is 0 Å². The maximum Gasteiger partial charge on any atom is 0.224 e. The Morgan fingerprint density at radius 2 is 2.06 bits per heavy atom. The van der Waals surface area contributed by atoms with Gasteiger partial charge in [0.2, 0.25) is 5.28 Å². The summed E-state index contributed by atoms with van der Waals surface area (Å²) in [7, 11) is 0. The van der Waals surface area contributed by atoms with E-state index in [1.165, 1.54) is 0 Å². The minimum atomic E-state index is 0.0955. The van der Waals surface area contributed by atoms with Crippen LogP contribution in [0, 0.1) is 6.92 Å². The fourth-order valence-corrected chi connectivity index (χ4v) is 2.45. The molecule has 0 radical (unpaired) electrons. The molecule has 0 aliphatic carbocycles. The maximum atomic E-state index is 6.03. The van der Waals surface area contributed by atoms with Gasteiger partial charge in [0, 0.05) is 12.1 Å². The number of aromatic nitrogens is 2. The molecule has 2 N–H and O–H groups in total. The number of rotatable bonds is 1. The first kappa shape index (κ1) is 11.5. The lowest BCUT2D eigenvalue weighted by Crippen LogP contribution is -2.39. The van der Waals surface area contributed by atoms with E-state index >= 15 is 0 Å². The topological polar surface area (TPSA) is 55.0 Å². The normalized spacial score (nSPS) is 19.1. The molecule has 2 heterocycles. The Morgan fingerprint density at radius 1 is 1.38 bits per heavy atom. The molecule has 5 heteroatoms. The lowest BCUT2D eigenvalue weighted by Gasteiger charge is -2.33. The molecule has 0 atom stereocenters. The molecule has 1 fully saturated rings. The summed E-state index contributed by atoms with van der Waals surface area (Å²) in [5.74, 6) is 0.778. The molecule has 4 nitrogen and oxygen atoms in total. The predicted molar refractivity (Wildman–Crippen MR) is 66.9 cm³/mol. The number of nitrogen functional groups attached to an aromatic ring is 1. The van der Waals surface area contributed by atoms with Gasteiger partial charge in [0.25, 0.3) is 0 Å². The third-order valence-electron chi connectivity index (χ3n) is 3.25. The van der Waals surface area contributed by atoms with Crippen LogP contribution in [0.5, 0.6) is 0 Å². The first-order chi connectivity index (χ1) is 7.42. The highest BCUT2D eigenvalue weighted by Crippen LogP contribution is 2.36. The van der Waals surface area contributed by atoms with Crippen LogP contribution in [0.25, 0.3) is 0 Å². The summed E-state index contributed by atoms with van der Waals surface area (Å²) in [5.41, 5.74) is 7.51. The Morgan fingerprint density at radius 3 is 2.62 bits per heavy atom. The molecule has 1 aromatic heterocycles. The lowest BCUT2D eigenvalue weighted by atomic mass is 10.0. The standard InChI is InChI=1S/C11H17ClN4/c1-7-8(13)9(15-10(12)14-7)16-6-4-5-11(16,2)3/h4-6,13H2,1-3H3. The van der Waals surface area contributed by atoms with E-state index in [0.29, 0.717) is 5.69 Å². The highest BCUT2D eigenvalue weighted by molar-refractivity contribution is 6.28. The minimum absolute atomic E-state index is 0.0955. The van der Waals surface area contributed by atoms with Gasteiger partial charge in [-0.05, 0) is 45.2 Å². The second-order valence-corrected chi connectivity index (χ2v) is 5.22. The van der Waals surface area contributed by atoms with E-state index < -0.39 is 0 Å². The zero-order valence-corrected chi connectivity index (χ0v) is 10.7. The van der Waals surface area contributed by atoms with Crippen LogP contribution in [-0.4, -0.2) is 22.1 Å². The molecule has 0 unspecified atom stereocenters. The van der Waals surface area contributed by atoms with Gasteiger partial charge in [0.1, 0.15) is 0 Å². The number of anilines is 2. The fourth-order valence-electron chi connectivity index (χ4n) is 2.24. The van der Waals surface area contributed by atoms with Crippen LogP contribution >= 0.6 is 11.6 Å². The summed E-state index contributed by atoms with van der Waals surface area (Å²) >= 11 is 5.89. The van der Waals surface area contributed by atoms with E-state index in [4.69, 9.17) is 17.3 Å². The van der Waals surface area contributed by atoms with Crippen molar-refractivity contribution < 1.29 is 0 Å². The molecule has 0 amide bonds. The average Bonchev–Trinajstić information content (AvgIpc) is 2.51. The van der Waals surface area contributed by atoms with Crippen LogP contribution in [0.3, 0.4) is 0 Å². The lowest BCUT2D eigenvalue weighted by molar-refractivity contribution is 0.514. The van der Waals surface area contributed by atoms with Gasteiger partial charge < -0.3 is 10.6 Å². The predicted octanol–water partition coefficient (Wildman–Crippen LogP) is 2.40. The molecule has 1 aromatic rings. The monoisotopic (exact) mass is 240 g/mol. The Bertz CT molecular complexity index is 417. The molecule has 0 bridgehead atoms. The van der Waals surface area contributed by atoms with Crippen LogP contribution in [-0.2, 0) is 0 Å². The second-order valence-electron chi connectivity index (χ2n) is 4.88. The summed E-state index contributed by atoms with van der Waals surface area (Å²) in [4.78, 5) is 10.5. The van der Waals surface area contributed by atoms with Crippen molar-refractivity contribution in [1.29, 1.82) is 0 Å². The van der Waals surface area contributed by atoms with Gasteiger partial charge in [0.15, 0.2) is 5.82 Å². The van der Waals surface area contributed by atoms with E-state index in [9.17, 15) is 0 Å². The van der Waals surface area contributed by atoms with Crippen molar-refractivity contribution >= 4 is 23.1 Å². The van der Waals surface area contributed by atoms with Crippen molar-refractivity contribution in [2.45, 2.75) is 39.2 Å². The summed E-state index contributed by atoms with van der Waals surface area (Å²) in [6, 6.07) is 0. The first-order valence-corrected chi connectivity index (χ1v) is 5.87. The highest BCUT2D eigenvalue weighted by Gasteiger charge is 2.34.